The zero-order valence-corrected chi connectivity index (χ0v) is 21.8. The number of rotatable bonds is 3. The molecule has 0 aliphatic carbocycles. The molecule has 0 unspecified atom stereocenters. The van der Waals surface area contributed by atoms with Gasteiger partial charge in [0.1, 0.15) is 22.4 Å². The molecule has 9 rings (SSSR count). The van der Waals surface area contributed by atoms with Gasteiger partial charge in [0.15, 0.2) is 5.58 Å². The fourth-order valence-corrected chi connectivity index (χ4v) is 5.96. The highest BCUT2D eigenvalue weighted by Crippen LogP contribution is 2.36. The van der Waals surface area contributed by atoms with Gasteiger partial charge in [-0.3, -0.25) is 0 Å². The molecule has 0 bridgehead atoms. The maximum absolute atomic E-state index is 6.23. The van der Waals surface area contributed by atoms with E-state index < -0.39 is 0 Å². The van der Waals surface area contributed by atoms with Crippen molar-refractivity contribution in [1.82, 2.24) is 14.5 Å². The summed E-state index contributed by atoms with van der Waals surface area (Å²) >= 11 is 0. The lowest BCUT2D eigenvalue weighted by Crippen LogP contribution is -1.93. The second kappa shape index (κ2) is 8.41. The van der Waals surface area contributed by atoms with E-state index in [1.54, 1.807) is 0 Å². The van der Waals surface area contributed by atoms with Crippen LogP contribution in [0.3, 0.4) is 0 Å². The Hall–Kier alpha value is -5.68. The Morgan fingerprint density at radius 1 is 0.463 bits per heavy atom. The number of hydrogen-bond donors (Lipinski definition) is 0. The molecular weight excluding hydrogens is 506 g/mol. The van der Waals surface area contributed by atoms with Gasteiger partial charge < -0.3 is 13.4 Å². The van der Waals surface area contributed by atoms with E-state index in [0.29, 0.717) is 17.2 Å². The number of para-hydroxylation sites is 3. The summed E-state index contributed by atoms with van der Waals surface area (Å²) in [6.45, 7) is 0. The van der Waals surface area contributed by atoms with Crippen LogP contribution in [0, 0.1) is 0 Å². The third-order valence-electron chi connectivity index (χ3n) is 7.84. The maximum Gasteiger partial charge on any atom is 0.246 e. The van der Waals surface area contributed by atoms with Crippen LogP contribution in [0.15, 0.2) is 136 Å². The summed E-state index contributed by atoms with van der Waals surface area (Å²) in [6.07, 6.45) is 0. The zero-order valence-electron chi connectivity index (χ0n) is 21.8. The monoisotopic (exact) mass is 527 g/mol. The van der Waals surface area contributed by atoms with Crippen LogP contribution in [0.25, 0.3) is 83.4 Å². The number of benzene rings is 5. The van der Waals surface area contributed by atoms with Crippen LogP contribution in [0.4, 0.5) is 0 Å². The Labute approximate surface area is 233 Å². The summed E-state index contributed by atoms with van der Waals surface area (Å²) in [5.41, 5.74) is 9.17. The summed E-state index contributed by atoms with van der Waals surface area (Å²) in [5, 5.41) is 4.47. The van der Waals surface area contributed by atoms with E-state index in [2.05, 4.69) is 77.4 Å². The molecule has 0 saturated heterocycles. The molecule has 5 aromatic carbocycles. The molecule has 0 N–H and O–H groups in total. The largest absolute Gasteiger partial charge is 0.456 e. The maximum atomic E-state index is 6.23. The van der Waals surface area contributed by atoms with Gasteiger partial charge in [-0.25, -0.2) is 9.97 Å². The number of furan rings is 1. The summed E-state index contributed by atoms with van der Waals surface area (Å²) in [4.78, 5) is 9.75. The fourth-order valence-electron chi connectivity index (χ4n) is 5.96. The highest BCUT2D eigenvalue weighted by molar-refractivity contribution is 6.11. The van der Waals surface area contributed by atoms with Crippen molar-refractivity contribution in [3.05, 3.63) is 127 Å². The van der Waals surface area contributed by atoms with Gasteiger partial charge >= 0.3 is 0 Å². The van der Waals surface area contributed by atoms with Gasteiger partial charge in [0, 0.05) is 38.9 Å². The van der Waals surface area contributed by atoms with Gasteiger partial charge in [0.05, 0.1) is 16.7 Å². The molecule has 4 heterocycles. The van der Waals surface area contributed by atoms with Gasteiger partial charge in [-0.2, -0.15) is 0 Å². The first-order valence-corrected chi connectivity index (χ1v) is 13.6. The molecule has 9 aromatic rings. The van der Waals surface area contributed by atoms with Crippen molar-refractivity contribution in [3.63, 3.8) is 0 Å². The third kappa shape index (κ3) is 3.36. The fraction of sp³-hybridized carbons (Fsp3) is 0. The highest BCUT2D eigenvalue weighted by Gasteiger charge is 2.16. The van der Waals surface area contributed by atoms with Crippen molar-refractivity contribution >= 4 is 54.8 Å². The summed E-state index contributed by atoms with van der Waals surface area (Å²) in [6, 6.07) is 43.5. The molecule has 0 saturated carbocycles. The molecular formula is C36H21N3O2. The Bertz CT molecular complexity index is 2430. The van der Waals surface area contributed by atoms with Gasteiger partial charge in [0.2, 0.25) is 5.89 Å². The van der Waals surface area contributed by atoms with Crippen LogP contribution in [-0.4, -0.2) is 14.5 Å². The van der Waals surface area contributed by atoms with Crippen LogP contribution in [-0.2, 0) is 0 Å². The molecule has 0 radical (unpaired) electrons. The predicted molar refractivity (Wildman–Crippen MR) is 164 cm³/mol. The second-order valence-electron chi connectivity index (χ2n) is 10.3. The van der Waals surface area contributed by atoms with E-state index in [0.717, 1.165) is 49.9 Å². The van der Waals surface area contributed by atoms with Crippen LogP contribution >= 0.6 is 0 Å². The molecule has 0 aliphatic rings. The minimum atomic E-state index is 0.487. The standard InChI is InChI=1S/C36H21N3O2/c1-2-9-23(10-3-1)39-31-15-6-4-11-24(31)26-19-22(17-18-32(26)39)28-13-8-14-29(37-28)36-38-30-21-34-27(20-35(30)41-36)25-12-5-7-16-33(25)40-34/h1-21H. The summed E-state index contributed by atoms with van der Waals surface area (Å²) < 4.78 is 14.6. The van der Waals surface area contributed by atoms with Crippen LogP contribution < -0.4 is 0 Å². The molecule has 41 heavy (non-hydrogen) atoms. The topological polar surface area (TPSA) is 57.0 Å². The van der Waals surface area contributed by atoms with E-state index in [1.165, 1.54) is 16.3 Å². The minimum Gasteiger partial charge on any atom is -0.456 e. The number of fused-ring (bicyclic) bond motifs is 7. The van der Waals surface area contributed by atoms with E-state index in [1.807, 2.05) is 54.6 Å². The first-order chi connectivity index (χ1) is 20.3. The number of oxazole rings is 1. The molecule has 4 aromatic heterocycles. The predicted octanol–water partition coefficient (Wildman–Crippen LogP) is 9.55. The molecule has 5 heteroatoms. The average Bonchev–Trinajstić information content (AvgIpc) is 3.71. The quantitative estimate of drug-likeness (QED) is 0.230. The van der Waals surface area contributed by atoms with E-state index in [4.69, 9.17) is 18.8 Å². The summed E-state index contributed by atoms with van der Waals surface area (Å²) in [7, 11) is 0. The van der Waals surface area contributed by atoms with Gasteiger partial charge in [0.25, 0.3) is 0 Å². The van der Waals surface area contributed by atoms with E-state index in [-0.39, 0.29) is 0 Å². The average molecular weight is 528 g/mol. The van der Waals surface area contributed by atoms with Crippen molar-refractivity contribution in [3.8, 4) is 28.5 Å². The molecule has 5 nitrogen and oxygen atoms in total. The number of pyridine rings is 1. The molecule has 0 atom stereocenters. The highest BCUT2D eigenvalue weighted by atomic mass is 16.4. The molecule has 0 fully saturated rings. The van der Waals surface area contributed by atoms with E-state index in [9.17, 15) is 0 Å². The number of aromatic nitrogens is 3. The number of nitrogens with zero attached hydrogens (tertiary/aromatic N) is 3. The van der Waals surface area contributed by atoms with Crippen molar-refractivity contribution in [1.29, 1.82) is 0 Å². The van der Waals surface area contributed by atoms with Gasteiger partial charge in [-0.05, 0) is 54.6 Å². The first-order valence-electron chi connectivity index (χ1n) is 13.6. The van der Waals surface area contributed by atoms with Crippen LogP contribution in [0.2, 0.25) is 0 Å². The molecule has 192 valence electrons. The lowest BCUT2D eigenvalue weighted by Gasteiger charge is -2.08. The van der Waals surface area contributed by atoms with Crippen molar-refractivity contribution in [2.24, 2.45) is 0 Å². The Balaban J connectivity index is 1.16. The van der Waals surface area contributed by atoms with E-state index >= 15 is 0 Å². The summed E-state index contributed by atoms with van der Waals surface area (Å²) in [5.74, 6) is 0.487. The van der Waals surface area contributed by atoms with Gasteiger partial charge in [-0.1, -0.05) is 66.7 Å². The lowest BCUT2D eigenvalue weighted by atomic mass is 10.1. The van der Waals surface area contributed by atoms with Crippen LogP contribution in [0.5, 0.6) is 0 Å². The Morgan fingerprint density at radius 2 is 1.24 bits per heavy atom. The Kier molecular flexibility index (Phi) is 4.55. The third-order valence-corrected chi connectivity index (χ3v) is 7.84. The van der Waals surface area contributed by atoms with Crippen molar-refractivity contribution in [2.45, 2.75) is 0 Å². The van der Waals surface area contributed by atoms with Crippen molar-refractivity contribution < 1.29 is 8.83 Å². The SMILES string of the molecule is c1ccc(-n2c3ccccc3c3cc(-c4cccc(-c5nc6cc7oc8ccccc8c7cc6o5)n4)ccc32)cc1. The molecule has 0 spiro atoms. The zero-order chi connectivity index (χ0) is 26.9. The molecule has 0 aliphatic heterocycles. The van der Waals surface area contributed by atoms with Crippen LogP contribution in [0.1, 0.15) is 0 Å². The first kappa shape index (κ1) is 22.2. The Morgan fingerprint density at radius 3 is 2.17 bits per heavy atom. The smallest absolute Gasteiger partial charge is 0.246 e. The second-order valence-corrected chi connectivity index (χ2v) is 10.3. The minimum absolute atomic E-state index is 0.487. The van der Waals surface area contributed by atoms with Gasteiger partial charge in [-0.15, -0.1) is 0 Å². The van der Waals surface area contributed by atoms with Crippen molar-refractivity contribution in [2.75, 3.05) is 0 Å². The molecule has 0 amide bonds. The lowest BCUT2D eigenvalue weighted by molar-refractivity contribution is 0.617. The number of hydrogen-bond acceptors (Lipinski definition) is 4. The normalized spacial score (nSPS) is 11.9.